The fourth-order valence-electron chi connectivity index (χ4n) is 1.35. The van der Waals surface area contributed by atoms with E-state index in [2.05, 4.69) is 20.9 Å². The van der Waals surface area contributed by atoms with Crippen molar-refractivity contribution in [1.29, 1.82) is 0 Å². The normalized spacial score (nSPS) is 9.90. The molecule has 1 aromatic heterocycles. The molecule has 1 heterocycles. The number of urea groups is 1. The Morgan fingerprint density at radius 1 is 1.25 bits per heavy atom. The van der Waals surface area contributed by atoms with Crippen molar-refractivity contribution in [2.45, 2.75) is 20.3 Å². The number of thiazole rings is 1. The molecule has 0 atom stereocenters. The summed E-state index contributed by atoms with van der Waals surface area (Å²) in [6.07, 6.45) is 0.781. The molecule has 0 aliphatic carbocycles. The highest BCUT2D eigenvalue weighted by Crippen LogP contribution is 2.21. The summed E-state index contributed by atoms with van der Waals surface area (Å²) in [4.78, 5) is 38.2. The molecule has 0 bridgehead atoms. The maximum absolute atomic E-state index is 11.5. The molecule has 0 radical (unpaired) electrons. The standard InChI is InChI=1S/C11H16N4O4S/c1-3-7-6(2)20-11(14-7)15-10(19)13-4-8(16)12-5-9(17)18/h3-5H2,1-2H3,(H,12,16)(H,17,18)(H2,13,14,15,19). The minimum atomic E-state index is -1.15. The van der Waals surface area contributed by atoms with Crippen LogP contribution in [-0.2, 0) is 16.0 Å². The number of anilines is 1. The van der Waals surface area contributed by atoms with Crippen molar-refractivity contribution in [1.82, 2.24) is 15.6 Å². The Kier molecular flexibility index (Phi) is 5.91. The van der Waals surface area contributed by atoms with Crippen LogP contribution in [0.3, 0.4) is 0 Å². The molecule has 0 aliphatic rings. The van der Waals surface area contributed by atoms with Gasteiger partial charge in [0.25, 0.3) is 0 Å². The first-order valence-corrected chi connectivity index (χ1v) is 6.73. The minimum absolute atomic E-state index is 0.301. The molecule has 0 spiro atoms. The number of carbonyl (C=O) groups is 3. The third kappa shape index (κ3) is 5.22. The second-order valence-corrected chi connectivity index (χ2v) is 5.06. The third-order valence-corrected chi connectivity index (χ3v) is 3.22. The molecule has 0 saturated heterocycles. The van der Waals surface area contributed by atoms with Gasteiger partial charge in [-0.15, -0.1) is 11.3 Å². The van der Waals surface area contributed by atoms with E-state index in [1.54, 1.807) is 0 Å². The maximum atomic E-state index is 11.5. The molecule has 4 N–H and O–H groups in total. The summed E-state index contributed by atoms with van der Waals surface area (Å²) in [7, 11) is 0. The van der Waals surface area contributed by atoms with Gasteiger partial charge in [0.1, 0.15) is 6.54 Å². The van der Waals surface area contributed by atoms with Gasteiger partial charge in [0.2, 0.25) is 5.91 Å². The van der Waals surface area contributed by atoms with Crippen molar-refractivity contribution < 1.29 is 19.5 Å². The Morgan fingerprint density at radius 3 is 2.50 bits per heavy atom. The number of rotatable bonds is 6. The second kappa shape index (κ2) is 7.43. The lowest BCUT2D eigenvalue weighted by Gasteiger charge is -2.05. The molecule has 1 rings (SSSR count). The van der Waals surface area contributed by atoms with Crippen LogP contribution >= 0.6 is 11.3 Å². The summed E-state index contributed by atoms with van der Waals surface area (Å²) in [6.45, 7) is 3.11. The number of carbonyl (C=O) groups excluding carboxylic acids is 2. The number of aryl methyl sites for hydroxylation is 2. The SMILES string of the molecule is CCc1nc(NC(=O)NCC(=O)NCC(=O)O)sc1C. The monoisotopic (exact) mass is 300 g/mol. The highest BCUT2D eigenvalue weighted by atomic mass is 32.1. The number of nitrogens with one attached hydrogen (secondary N) is 3. The molecule has 0 fully saturated rings. The molecule has 9 heteroatoms. The third-order valence-electron chi connectivity index (χ3n) is 2.29. The number of aromatic nitrogens is 1. The Balaban J connectivity index is 2.36. The fourth-order valence-corrected chi connectivity index (χ4v) is 2.25. The lowest BCUT2D eigenvalue weighted by atomic mass is 10.3. The molecule has 20 heavy (non-hydrogen) atoms. The molecule has 110 valence electrons. The van der Waals surface area contributed by atoms with E-state index in [0.717, 1.165) is 17.0 Å². The van der Waals surface area contributed by atoms with Crippen molar-refractivity contribution in [3.05, 3.63) is 10.6 Å². The summed E-state index contributed by atoms with van der Waals surface area (Å²) in [5.74, 6) is -1.72. The van der Waals surface area contributed by atoms with Gasteiger partial charge in [-0.1, -0.05) is 6.92 Å². The number of aliphatic carboxylic acids is 1. The van der Waals surface area contributed by atoms with Gasteiger partial charge in [0.05, 0.1) is 12.2 Å². The molecule has 8 nitrogen and oxygen atoms in total. The molecule has 3 amide bonds. The summed E-state index contributed by atoms with van der Waals surface area (Å²) < 4.78 is 0. The maximum Gasteiger partial charge on any atom is 0.322 e. The van der Waals surface area contributed by atoms with E-state index in [0.29, 0.717) is 5.13 Å². The predicted molar refractivity (Wildman–Crippen MR) is 73.9 cm³/mol. The van der Waals surface area contributed by atoms with E-state index in [9.17, 15) is 14.4 Å². The average Bonchev–Trinajstić information content (AvgIpc) is 2.73. The van der Waals surface area contributed by atoms with Crippen LogP contribution < -0.4 is 16.0 Å². The van der Waals surface area contributed by atoms with Gasteiger partial charge in [0.15, 0.2) is 5.13 Å². The van der Waals surface area contributed by atoms with Crippen molar-refractivity contribution in [3.63, 3.8) is 0 Å². The van der Waals surface area contributed by atoms with Crippen LogP contribution in [0, 0.1) is 6.92 Å². The molecule has 0 aliphatic heterocycles. The van der Waals surface area contributed by atoms with Gasteiger partial charge in [-0.2, -0.15) is 0 Å². The number of carboxylic acid groups (broad SMARTS) is 1. The van der Waals surface area contributed by atoms with Crippen LogP contribution in [0.25, 0.3) is 0 Å². The first-order chi connectivity index (χ1) is 9.42. The Morgan fingerprint density at radius 2 is 1.95 bits per heavy atom. The number of nitrogens with zero attached hydrogens (tertiary/aromatic N) is 1. The Hall–Kier alpha value is -2.16. The summed E-state index contributed by atoms with van der Waals surface area (Å²) >= 11 is 1.35. The molecule has 0 unspecified atom stereocenters. The van der Waals surface area contributed by atoms with Crippen LogP contribution in [-0.4, -0.2) is 41.1 Å². The van der Waals surface area contributed by atoms with E-state index in [-0.39, 0.29) is 6.54 Å². The topological polar surface area (TPSA) is 120 Å². The minimum Gasteiger partial charge on any atom is -0.480 e. The van der Waals surface area contributed by atoms with E-state index >= 15 is 0 Å². The average molecular weight is 300 g/mol. The fraction of sp³-hybridized carbons (Fsp3) is 0.455. The molecular formula is C11H16N4O4S. The predicted octanol–water partition coefficient (Wildman–Crippen LogP) is 0.336. The molecule has 1 aromatic rings. The van der Waals surface area contributed by atoms with E-state index in [1.165, 1.54) is 11.3 Å². The number of carboxylic acids is 1. The zero-order valence-corrected chi connectivity index (χ0v) is 12.0. The van der Waals surface area contributed by atoms with E-state index in [4.69, 9.17) is 5.11 Å². The zero-order chi connectivity index (χ0) is 15.1. The van der Waals surface area contributed by atoms with E-state index in [1.807, 2.05) is 13.8 Å². The highest BCUT2D eigenvalue weighted by Gasteiger charge is 2.10. The van der Waals surface area contributed by atoms with Crippen molar-refractivity contribution >= 4 is 34.4 Å². The van der Waals surface area contributed by atoms with E-state index < -0.39 is 24.5 Å². The molecular weight excluding hydrogens is 284 g/mol. The van der Waals surface area contributed by atoms with Gasteiger partial charge in [-0.25, -0.2) is 9.78 Å². The quantitative estimate of drug-likeness (QED) is 0.603. The van der Waals surface area contributed by atoms with Crippen LogP contribution in [0.4, 0.5) is 9.93 Å². The van der Waals surface area contributed by atoms with Gasteiger partial charge in [0, 0.05) is 4.88 Å². The Labute approximate surface area is 119 Å². The highest BCUT2D eigenvalue weighted by molar-refractivity contribution is 7.15. The summed E-state index contributed by atoms with van der Waals surface area (Å²) in [6, 6.07) is -0.563. The molecule has 0 saturated carbocycles. The van der Waals surface area contributed by atoms with Crippen LogP contribution in [0.2, 0.25) is 0 Å². The first-order valence-electron chi connectivity index (χ1n) is 5.92. The largest absolute Gasteiger partial charge is 0.480 e. The van der Waals surface area contributed by atoms with Crippen LogP contribution in [0.15, 0.2) is 0 Å². The van der Waals surface area contributed by atoms with Gasteiger partial charge in [-0.05, 0) is 13.3 Å². The van der Waals surface area contributed by atoms with Gasteiger partial charge in [-0.3, -0.25) is 14.9 Å². The Bertz CT molecular complexity index is 515. The zero-order valence-electron chi connectivity index (χ0n) is 11.1. The number of hydrogen-bond donors (Lipinski definition) is 4. The number of amides is 3. The lowest BCUT2D eigenvalue weighted by Crippen LogP contribution is -2.40. The van der Waals surface area contributed by atoms with Crippen LogP contribution in [0.5, 0.6) is 0 Å². The smallest absolute Gasteiger partial charge is 0.322 e. The molecule has 0 aromatic carbocycles. The van der Waals surface area contributed by atoms with Crippen molar-refractivity contribution in [3.8, 4) is 0 Å². The van der Waals surface area contributed by atoms with Gasteiger partial charge >= 0.3 is 12.0 Å². The number of hydrogen-bond acceptors (Lipinski definition) is 5. The summed E-state index contributed by atoms with van der Waals surface area (Å²) in [5, 5.41) is 15.8. The second-order valence-electron chi connectivity index (χ2n) is 3.85. The van der Waals surface area contributed by atoms with Crippen molar-refractivity contribution in [2.24, 2.45) is 0 Å². The van der Waals surface area contributed by atoms with Gasteiger partial charge < -0.3 is 15.7 Å². The lowest BCUT2D eigenvalue weighted by molar-refractivity contribution is -0.137. The van der Waals surface area contributed by atoms with Crippen molar-refractivity contribution in [2.75, 3.05) is 18.4 Å². The first kappa shape index (κ1) is 15.9. The van der Waals surface area contributed by atoms with Crippen LogP contribution in [0.1, 0.15) is 17.5 Å². The summed E-state index contributed by atoms with van der Waals surface area (Å²) in [5.41, 5.74) is 0.921.